The lowest BCUT2D eigenvalue weighted by Gasteiger charge is -2.34. The summed E-state index contributed by atoms with van der Waals surface area (Å²) >= 11 is 0. The van der Waals surface area contributed by atoms with E-state index in [1.807, 2.05) is 56.3 Å². The lowest BCUT2D eigenvalue weighted by Crippen LogP contribution is -2.47. The Balaban J connectivity index is 1.61. The maximum Gasteiger partial charge on any atom is 0.259 e. The van der Waals surface area contributed by atoms with Gasteiger partial charge in [0.25, 0.3) is 5.91 Å². The fourth-order valence-corrected chi connectivity index (χ4v) is 5.49. The van der Waals surface area contributed by atoms with E-state index < -0.39 is 6.04 Å². The summed E-state index contributed by atoms with van der Waals surface area (Å²) in [5, 5.41) is 3.27. The van der Waals surface area contributed by atoms with Crippen LogP contribution in [0.1, 0.15) is 65.2 Å². The first-order chi connectivity index (χ1) is 18.9. The molecule has 0 bridgehead atoms. The Bertz CT molecular complexity index is 1330. The van der Waals surface area contributed by atoms with Crippen molar-refractivity contribution in [3.8, 4) is 17.2 Å². The maximum absolute atomic E-state index is 14.4. The summed E-state index contributed by atoms with van der Waals surface area (Å²) in [5.41, 5.74) is 3.79. The Morgan fingerprint density at radius 2 is 1.62 bits per heavy atom. The number of rotatable bonds is 7. The average molecular weight is 529 g/mol. The lowest BCUT2D eigenvalue weighted by molar-refractivity contribution is -0.123. The zero-order valence-corrected chi connectivity index (χ0v) is 22.9. The number of carbonyl (C=O) groups excluding carboxylic acids is 2. The molecule has 0 radical (unpaired) electrons. The Morgan fingerprint density at radius 1 is 0.897 bits per heavy atom. The second-order valence-corrected chi connectivity index (χ2v) is 10.3. The highest BCUT2D eigenvalue weighted by Crippen LogP contribution is 2.36. The van der Waals surface area contributed by atoms with E-state index in [4.69, 9.17) is 14.2 Å². The second kappa shape index (κ2) is 11.8. The van der Waals surface area contributed by atoms with Gasteiger partial charge in [0, 0.05) is 17.3 Å². The molecule has 0 spiro atoms. The van der Waals surface area contributed by atoms with Gasteiger partial charge in [0.2, 0.25) is 5.91 Å². The summed E-state index contributed by atoms with van der Waals surface area (Å²) in [5.74, 6) is 1.33. The van der Waals surface area contributed by atoms with Crippen LogP contribution in [0.2, 0.25) is 0 Å². The van der Waals surface area contributed by atoms with Gasteiger partial charge in [-0.2, -0.15) is 0 Å². The van der Waals surface area contributed by atoms with Crippen molar-refractivity contribution in [2.45, 2.75) is 58.0 Å². The van der Waals surface area contributed by atoms with Crippen LogP contribution in [0.25, 0.3) is 0 Å². The van der Waals surface area contributed by atoms with Gasteiger partial charge in [0.1, 0.15) is 25.0 Å². The summed E-state index contributed by atoms with van der Waals surface area (Å²) in [6, 6.07) is 17.7. The number of hydrogen-bond acceptors (Lipinski definition) is 5. The van der Waals surface area contributed by atoms with Gasteiger partial charge in [-0.05, 0) is 74.2 Å². The molecule has 2 aliphatic rings. The molecule has 1 N–H and O–H groups in total. The van der Waals surface area contributed by atoms with Crippen LogP contribution >= 0.6 is 0 Å². The predicted octanol–water partition coefficient (Wildman–Crippen LogP) is 5.92. The number of hydrogen-bond donors (Lipinski definition) is 1. The average Bonchev–Trinajstić information content (AvgIpc) is 2.96. The molecule has 3 aromatic carbocycles. The van der Waals surface area contributed by atoms with E-state index in [-0.39, 0.29) is 17.9 Å². The number of carbonyl (C=O) groups is 2. The number of nitrogens with zero attached hydrogens (tertiary/aromatic N) is 1. The molecule has 7 heteroatoms. The van der Waals surface area contributed by atoms with Gasteiger partial charge in [-0.1, -0.05) is 49.1 Å². The van der Waals surface area contributed by atoms with Crippen molar-refractivity contribution in [3.63, 3.8) is 0 Å². The van der Waals surface area contributed by atoms with Crippen LogP contribution in [-0.2, 0) is 4.79 Å². The van der Waals surface area contributed by atoms with Crippen LogP contribution in [0.4, 0.5) is 5.69 Å². The molecule has 1 fully saturated rings. The number of fused-ring (bicyclic) bond motifs is 1. The van der Waals surface area contributed by atoms with E-state index in [1.165, 1.54) is 6.42 Å². The fourth-order valence-electron chi connectivity index (χ4n) is 5.49. The minimum atomic E-state index is -0.889. The summed E-state index contributed by atoms with van der Waals surface area (Å²) in [6.07, 6.45) is 5.26. The third kappa shape index (κ3) is 5.87. The molecule has 2 amide bonds. The number of ether oxygens (including phenoxy) is 3. The third-order valence-corrected chi connectivity index (χ3v) is 7.51. The zero-order valence-electron chi connectivity index (χ0n) is 22.9. The number of amides is 2. The van der Waals surface area contributed by atoms with Gasteiger partial charge >= 0.3 is 0 Å². The summed E-state index contributed by atoms with van der Waals surface area (Å²) < 4.78 is 16.8. The van der Waals surface area contributed by atoms with E-state index in [0.717, 1.165) is 36.8 Å². The molecule has 3 aromatic rings. The number of anilines is 1. The zero-order chi connectivity index (χ0) is 27.4. The summed E-state index contributed by atoms with van der Waals surface area (Å²) in [7, 11) is 1.61. The van der Waals surface area contributed by atoms with E-state index in [0.29, 0.717) is 47.3 Å². The summed E-state index contributed by atoms with van der Waals surface area (Å²) in [4.78, 5) is 30.2. The van der Waals surface area contributed by atoms with E-state index in [2.05, 4.69) is 5.32 Å². The number of methoxy groups -OCH3 is 1. The molecule has 0 aromatic heterocycles. The van der Waals surface area contributed by atoms with Crippen LogP contribution in [-0.4, -0.2) is 38.2 Å². The Morgan fingerprint density at radius 3 is 2.31 bits per heavy atom. The van der Waals surface area contributed by atoms with Crippen LogP contribution in [0.15, 0.2) is 60.7 Å². The summed E-state index contributed by atoms with van der Waals surface area (Å²) in [6.45, 7) is 4.87. The minimum Gasteiger partial charge on any atom is -0.497 e. The maximum atomic E-state index is 14.4. The number of aryl methyl sites for hydroxylation is 2. The molecule has 1 saturated carbocycles. The molecule has 0 unspecified atom stereocenters. The second-order valence-electron chi connectivity index (χ2n) is 10.3. The first-order valence-electron chi connectivity index (χ1n) is 13.7. The van der Waals surface area contributed by atoms with Crippen molar-refractivity contribution >= 4 is 17.5 Å². The molecular formula is C32H36N2O5. The smallest absolute Gasteiger partial charge is 0.259 e. The number of benzene rings is 3. The minimum absolute atomic E-state index is 0.0948. The molecule has 0 saturated heterocycles. The van der Waals surface area contributed by atoms with Crippen molar-refractivity contribution in [2.75, 3.05) is 25.2 Å². The van der Waals surface area contributed by atoms with E-state index in [1.54, 1.807) is 30.2 Å². The van der Waals surface area contributed by atoms with Crippen LogP contribution in [0.3, 0.4) is 0 Å². The fraction of sp³-hybridized carbons (Fsp3) is 0.375. The topological polar surface area (TPSA) is 77.1 Å². The lowest BCUT2D eigenvalue weighted by atomic mass is 9.94. The van der Waals surface area contributed by atoms with Gasteiger partial charge in [-0.3, -0.25) is 14.5 Å². The quantitative estimate of drug-likeness (QED) is 0.412. The van der Waals surface area contributed by atoms with Crippen molar-refractivity contribution in [1.29, 1.82) is 0 Å². The van der Waals surface area contributed by atoms with Crippen LogP contribution in [0, 0.1) is 13.8 Å². The first-order valence-corrected chi connectivity index (χ1v) is 13.7. The molecule has 5 rings (SSSR count). The monoisotopic (exact) mass is 528 g/mol. The molecule has 39 heavy (non-hydrogen) atoms. The van der Waals surface area contributed by atoms with E-state index in [9.17, 15) is 9.59 Å². The predicted molar refractivity (Wildman–Crippen MR) is 151 cm³/mol. The number of nitrogens with one attached hydrogen (secondary N) is 1. The first kappa shape index (κ1) is 26.6. The normalized spacial score (nSPS) is 15.8. The molecular weight excluding hydrogens is 492 g/mol. The molecule has 7 nitrogen and oxygen atoms in total. The van der Waals surface area contributed by atoms with Crippen LogP contribution in [0.5, 0.6) is 17.2 Å². The Labute approximate surface area is 230 Å². The van der Waals surface area contributed by atoms with Crippen molar-refractivity contribution in [3.05, 3.63) is 82.9 Å². The Kier molecular flexibility index (Phi) is 8.05. The van der Waals surface area contributed by atoms with Gasteiger partial charge in [-0.15, -0.1) is 0 Å². The largest absolute Gasteiger partial charge is 0.497 e. The van der Waals surface area contributed by atoms with Gasteiger partial charge < -0.3 is 19.5 Å². The SMILES string of the molecule is COc1ccc([C@H](C(=O)NC2CCCCC2)N(C(=O)c2ccc3c(c2)OCCO3)c2ccc(C)cc2C)cc1. The van der Waals surface area contributed by atoms with Crippen LogP contribution < -0.4 is 24.4 Å². The standard InChI is InChI=1S/C32H36N2O5/c1-21-9-15-27(22(2)19-21)34(32(36)24-12-16-28-29(20-24)39-18-17-38-28)30(23-10-13-26(37-3)14-11-23)31(35)33-25-7-5-4-6-8-25/h9-16,19-20,25,30H,4-8,17-18H2,1-3H3,(H,33,35)/t30-/m1/s1. The van der Waals surface area contributed by atoms with Gasteiger partial charge in [-0.25, -0.2) is 0 Å². The van der Waals surface area contributed by atoms with Crippen molar-refractivity contribution in [1.82, 2.24) is 5.32 Å². The highest BCUT2D eigenvalue weighted by Gasteiger charge is 2.36. The van der Waals surface area contributed by atoms with Crippen molar-refractivity contribution < 1.29 is 23.8 Å². The van der Waals surface area contributed by atoms with Crippen molar-refractivity contribution in [2.24, 2.45) is 0 Å². The molecule has 1 atom stereocenters. The molecule has 204 valence electrons. The molecule has 1 aliphatic heterocycles. The van der Waals surface area contributed by atoms with E-state index >= 15 is 0 Å². The third-order valence-electron chi connectivity index (χ3n) is 7.51. The molecule has 1 heterocycles. The molecule has 1 aliphatic carbocycles. The highest BCUT2D eigenvalue weighted by molar-refractivity contribution is 6.10. The van der Waals surface area contributed by atoms with Gasteiger partial charge in [0.15, 0.2) is 11.5 Å². The Hall–Kier alpha value is -4.00. The highest BCUT2D eigenvalue weighted by atomic mass is 16.6. The van der Waals surface area contributed by atoms with Gasteiger partial charge in [0.05, 0.1) is 7.11 Å².